The van der Waals surface area contributed by atoms with Gasteiger partial charge in [-0.05, 0) is 52.9 Å². The molecular formula is C33H25F5N2O4. The first-order chi connectivity index (χ1) is 21.0. The number of anilines is 1. The van der Waals surface area contributed by atoms with Crippen LogP contribution in [0, 0.1) is 39.2 Å². The van der Waals surface area contributed by atoms with Crippen LogP contribution < -0.4 is 9.64 Å². The number of benzene rings is 4. The van der Waals surface area contributed by atoms with Gasteiger partial charge in [0.15, 0.2) is 0 Å². The van der Waals surface area contributed by atoms with Gasteiger partial charge in [-0.3, -0.25) is 14.9 Å². The Labute approximate surface area is 249 Å². The minimum atomic E-state index is -2.33. The molecule has 0 saturated carbocycles. The highest BCUT2D eigenvalue weighted by Crippen LogP contribution is 2.29. The van der Waals surface area contributed by atoms with E-state index >= 15 is 0 Å². The molecule has 226 valence electrons. The van der Waals surface area contributed by atoms with Crippen LogP contribution in [0.4, 0.5) is 33.3 Å². The number of esters is 1. The molecule has 11 heteroatoms. The number of hydrogen-bond donors (Lipinski definition) is 0. The van der Waals surface area contributed by atoms with Gasteiger partial charge in [-0.1, -0.05) is 60.7 Å². The molecule has 0 aliphatic heterocycles. The Morgan fingerprint density at radius 2 is 1.09 bits per heavy atom. The van der Waals surface area contributed by atoms with E-state index in [-0.39, 0.29) is 18.5 Å². The van der Waals surface area contributed by atoms with Crippen LogP contribution in [0.3, 0.4) is 0 Å². The summed E-state index contributed by atoms with van der Waals surface area (Å²) in [7, 11) is 1.78. The number of nitro benzene ring substituents is 1. The second-order valence-electron chi connectivity index (χ2n) is 9.67. The molecule has 4 rings (SSSR count). The van der Waals surface area contributed by atoms with E-state index in [2.05, 4.69) is 4.74 Å². The van der Waals surface area contributed by atoms with Gasteiger partial charge in [0.05, 0.1) is 4.92 Å². The molecule has 4 aromatic carbocycles. The normalized spacial score (nSPS) is 11.3. The zero-order valence-corrected chi connectivity index (χ0v) is 23.3. The fraction of sp³-hybridized carbons (Fsp3) is 0.121. The maximum absolute atomic E-state index is 13.7. The predicted molar refractivity (Wildman–Crippen MR) is 158 cm³/mol. The van der Waals surface area contributed by atoms with Crippen LogP contribution in [-0.2, 0) is 4.79 Å². The Kier molecular flexibility index (Phi) is 10.2. The van der Waals surface area contributed by atoms with Gasteiger partial charge in [0.25, 0.3) is 5.69 Å². The van der Waals surface area contributed by atoms with Crippen molar-refractivity contribution in [1.82, 2.24) is 0 Å². The van der Waals surface area contributed by atoms with E-state index in [4.69, 9.17) is 0 Å². The van der Waals surface area contributed by atoms with Crippen molar-refractivity contribution in [2.24, 2.45) is 0 Å². The molecule has 4 aromatic rings. The van der Waals surface area contributed by atoms with Crippen LogP contribution in [0.2, 0.25) is 0 Å². The van der Waals surface area contributed by atoms with E-state index in [1.165, 1.54) is 12.1 Å². The van der Waals surface area contributed by atoms with Gasteiger partial charge in [0, 0.05) is 37.8 Å². The van der Waals surface area contributed by atoms with Gasteiger partial charge < -0.3 is 9.64 Å². The molecule has 0 radical (unpaired) electrons. The molecule has 0 fully saturated rings. The SMILES string of the molecule is CN(CCCC(=O)Oc1c(F)c(F)c(F)c(F)c1F)c1ccc(/C=C/c2ccc(/C=C/c3ccc([N+](=O)[O-])cc3)cc2)cc1. The van der Waals surface area contributed by atoms with Crippen LogP contribution in [0.1, 0.15) is 35.1 Å². The van der Waals surface area contributed by atoms with E-state index in [1.807, 2.05) is 77.7 Å². The number of non-ortho nitro benzene ring substituents is 1. The Bertz CT molecular complexity index is 1680. The summed E-state index contributed by atoms with van der Waals surface area (Å²) in [6.07, 6.45) is 7.58. The van der Waals surface area contributed by atoms with Crippen molar-refractivity contribution in [2.45, 2.75) is 12.8 Å². The number of carbonyl (C=O) groups is 1. The Balaban J connectivity index is 1.25. The van der Waals surface area contributed by atoms with Crippen molar-refractivity contribution in [2.75, 3.05) is 18.5 Å². The van der Waals surface area contributed by atoms with Gasteiger partial charge in [0.1, 0.15) is 0 Å². The van der Waals surface area contributed by atoms with E-state index in [0.29, 0.717) is 6.54 Å². The first-order valence-corrected chi connectivity index (χ1v) is 13.3. The zero-order valence-electron chi connectivity index (χ0n) is 23.3. The molecule has 0 amide bonds. The number of rotatable bonds is 11. The molecule has 0 spiro atoms. The Hall–Kier alpha value is -5.32. The highest BCUT2D eigenvalue weighted by atomic mass is 19.2. The van der Waals surface area contributed by atoms with E-state index in [1.54, 1.807) is 19.2 Å². The Morgan fingerprint density at radius 3 is 1.52 bits per heavy atom. The lowest BCUT2D eigenvalue weighted by atomic mass is 10.1. The third-order valence-electron chi connectivity index (χ3n) is 6.57. The third kappa shape index (κ3) is 7.94. The second-order valence-corrected chi connectivity index (χ2v) is 9.67. The largest absolute Gasteiger partial charge is 0.420 e. The number of hydrogen-bond acceptors (Lipinski definition) is 5. The van der Waals surface area contributed by atoms with Crippen molar-refractivity contribution < 1.29 is 36.4 Å². The van der Waals surface area contributed by atoms with Crippen molar-refractivity contribution >= 4 is 41.6 Å². The molecule has 0 N–H and O–H groups in total. The fourth-order valence-electron chi connectivity index (χ4n) is 4.08. The first-order valence-electron chi connectivity index (χ1n) is 13.3. The number of halogens is 5. The molecule has 0 saturated heterocycles. The lowest BCUT2D eigenvalue weighted by Gasteiger charge is -2.19. The summed E-state index contributed by atoms with van der Waals surface area (Å²) in [5.74, 6) is -13.8. The van der Waals surface area contributed by atoms with Crippen molar-refractivity contribution in [1.29, 1.82) is 0 Å². The average molecular weight is 609 g/mol. The summed E-state index contributed by atoms with van der Waals surface area (Å²) in [5.41, 5.74) is 4.62. The van der Waals surface area contributed by atoms with Crippen LogP contribution in [-0.4, -0.2) is 24.5 Å². The minimum Gasteiger partial charge on any atom is -0.420 e. The van der Waals surface area contributed by atoms with Crippen LogP contribution in [0.25, 0.3) is 24.3 Å². The van der Waals surface area contributed by atoms with Gasteiger partial charge in [0.2, 0.25) is 34.8 Å². The van der Waals surface area contributed by atoms with Crippen LogP contribution in [0.5, 0.6) is 5.75 Å². The smallest absolute Gasteiger partial charge is 0.311 e. The first kappa shape index (κ1) is 31.6. The number of nitrogens with zero attached hydrogens (tertiary/aromatic N) is 2. The van der Waals surface area contributed by atoms with Crippen molar-refractivity contribution in [3.05, 3.63) is 134 Å². The van der Waals surface area contributed by atoms with Gasteiger partial charge in [-0.15, -0.1) is 0 Å². The van der Waals surface area contributed by atoms with E-state index in [9.17, 15) is 36.9 Å². The highest BCUT2D eigenvalue weighted by Gasteiger charge is 2.28. The molecule has 0 aliphatic carbocycles. The number of ether oxygens (including phenoxy) is 1. The molecular weight excluding hydrogens is 583 g/mol. The highest BCUT2D eigenvalue weighted by molar-refractivity contribution is 5.74. The quantitative estimate of drug-likeness (QED) is 0.0250. The number of carbonyl (C=O) groups excluding carboxylic acids is 1. The Morgan fingerprint density at radius 1 is 0.705 bits per heavy atom. The number of nitro groups is 1. The minimum absolute atomic E-state index is 0.0414. The maximum atomic E-state index is 13.7. The lowest BCUT2D eigenvalue weighted by Crippen LogP contribution is -2.20. The molecule has 44 heavy (non-hydrogen) atoms. The standard InChI is InChI=1S/C33H25F5N2O4/c1-39(20-2-3-27(41)44-33-31(37)29(35)28(34)30(36)32(33)38)25-16-12-23(13-17-25)10-8-21-4-6-22(7-5-21)9-11-24-14-18-26(19-15-24)40(42)43/h4-19H,2-3,20H2,1H3/b10-8+,11-9+. The summed E-state index contributed by atoms with van der Waals surface area (Å²) in [5, 5.41) is 10.8. The molecule has 0 atom stereocenters. The molecule has 0 unspecified atom stereocenters. The summed E-state index contributed by atoms with van der Waals surface area (Å²) in [4.78, 5) is 24.1. The van der Waals surface area contributed by atoms with E-state index < -0.39 is 45.7 Å². The summed E-state index contributed by atoms with van der Waals surface area (Å²) < 4.78 is 71.6. The molecule has 0 heterocycles. The average Bonchev–Trinajstić information content (AvgIpc) is 3.03. The monoisotopic (exact) mass is 608 g/mol. The van der Waals surface area contributed by atoms with Gasteiger partial charge >= 0.3 is 5.97 Å². The third-order valence-corrected chi connectivity index (χ3v) is 6.57. The predicted octanol–water partition coefficient (Wildman–Crippen LogP) is 8.45. The van der Waals surface area contributed by atoms with Crippen molar-refractivity contribution in [3.63, 3.8) is 0 Å². The molecule has 0 bridgehead atoms. The second kappa shape index (κ2) is 14.2. The van der Waals surface area contributed by atoms with Crippen LogP contribution in [0.15, 0.2) is 72.8 Å². The summed E-state index contributed by atoms with van der Waals surface area (Å²) in [6, 6.07) is 21.7. The topological polar surface area (TPSA) is 72.7 Å². The zero-order chi connectivity index (χ0) is 31.8. The molecule has 6 nitrogen and oxygen atoms in total. The fourth-order valence-corrected chi connectivity index (χ4v) is 4.08. The van der Waals surface area contributed by atoms with Gasteiger partial charge in [-0.2, -0.15) is 8.78 Å². The van der Waals surface area contributed by atoms with Gasteiger partial charge in [-0.25, -0.2) is 13.2 Å². The maximum Gasteiger partial charge on any atom is 0.311 e. The molecule has 0 aromatic heterocycles. The van der Waals surface area contributed by atoms with Crippen molar-refractivity contribution in [3.8, 4) is 5.75 Å². The lowest BCUT2D eigenvalue weighted by molar-refractivity contribution is -0.384. The summed E-state index contributed by atoms with van der Waals surface area (Å²) in [6.45, 7) is 0.354. The summed E-state index contributed by atoms with van der Waals surface area (Å²) >= 11 is 0. The van der Waals surface area contributed by atoms with E-state index in [0.717, 1.165) is 27.9 Å². The van der Waals surface area contributed by atoms with Crippen LogP contribution >= 0.6 is 0 Å². The molecule has 0 aliphatic rings.